The van der Waals surface area contributed by atoms with Gasteiger partial charge in [-0.1, -0.05) is 36.4 Å². The molecule has 0 aliphatic carbocycles. The Morgan fingerprint density at radius 2 is 1.77 bits per heavy atom. The Morgan fingerprint density at radius 1 is 1.03 bits per heavy atom. The Labute approximate surface area is 205 Å². The summed E-state index contributed by atoms with van der Waals surface area (Å²) in [6.07, 6.45) is 1.88. The molecule has 1 atom stereocenters. The molecule has 0 aliphatic heterocycles. The molecule has 0 fully saturated rings. The smallest absolute Gasteiger partial charge is 0.191 e. The summed E-state index contributed by atoms with van der Waals surface area (Å²) in [6, 6.07) is 16.0. The van der Waals surface area contributed by atoms with Gasteiger partial charge in [0.2, 0.25) is 0 Å². The van der Waals surface area contributed by atoms with Crippen molar-refractivity contribution in [3.63, 3.8) is 0 Å². The van der Waals surface area contributed by atoms with E-state index in [2.05, 4.69) is 21.7 Å². The summed E-state index contributed by atoms with van der Waals surface area (Å²) >= 11 is 0. The summed E-state index contributed by atoms with van der Waals surface area (Å²) in [5.74, 6) is 3.44. The van der Waals surface area contributed by atoms with E-state index >= 15 is 0 Å². The molecule has 0 aliphatic rings. The number of benzene rings is 2. The van der Waals surface area contributed by atoms with Crippen molar-refractivity contribution in [3.8, 4) is 11.5 Å². The van der Waals surface area contributed by atoms with E-state index in [0.29, 0.717) is 24.7 Å². The molecule has 2 aromatic carbocycles. The van der Waals surface area contributed by atoms with Crippen molar-refractivity contribution in [2.45, 2.75) is 25.5 Å². The Balaban J connectivity index is 0.00000480. The largest absolute Gasteiger partial charge is 0.493 e. The number of guanidine groups is 1. The third kappa shape index (κ3) is 10.4. The Morgan fingerprint density at radius 3 is 2.45 bits per heavy atom. The van der Waals surface area contributed by atoms with E-state index in [1.165, 1.54) is 5.56 Å². The lowest BCUT2D eigenvalue weighted by Crippen LogP contribution is -2.39. The molecule has 2 rings (SSSR count). The summed E-state index contributed by atoms with van der Waals surface area (Å²) < 4.78 is 23.2. The van der Waals surface area contributed by atoms with Gasteiger partial charge in [0, 0.05) is 42.4 Å². The minimum Gasteiger partial charge on any atom is -0.493 e. The summed E-state index contributed by atoms with van der Waals surface area (Å²) in [5, 5.41) is 6.54. The number of nitrogens with one attached hydrogen (secondary N) is 2. The van der Waals surface area contributed by atoms with Gasteiger partial charge in [-0.25, -0.2) is 0 Å². The number of hydrogen-bond donors (Lipinski definition) is 2. The molecule has 0 bridgehead atoms. The standard InChI is InChI=1S/C23H33N3O3S.HI/c1-4-29-22-17-19(12-13-21(22)28-3)11-8-14-25-23(24-2)26-15-16-30(27)18-20-9-6-5-7-10-20;/h5-7,9-10,12-13,17H,4,8,11,14-16,18H2,1-3H3,(H2,24,25,26);1H. The predicted octanol–water partition coefficient (Wildman–Crippen LogP) is 3.76. The second-order valence-electron chi connectivity index (χ2n) is 6.72. The fourth-order valence-corrected chi connectivity index (χ4v) is 4.02. The van der Waals surface area contributed by atoms with E-state index < -0.39 is 10.8 Å². The highest BCUT2D eigenvalue weighted by atomic mass is 127. The van der Waals surface area contributed by atoms with Gasteiger partial charge in [0.15, 0.2) is 17.5 Å². The van der Waals surface area contributed by atoms with Gasteiger partial charge >= 0.3 is 0 Å². The molecule has 0 saturated carbocycles. The third-order valence-corrected chi connectivity index (χ3v) is 5.79. The monoisotopic (exact) mass is 559 g/mol. The fourth-order valence-electron chi connectivity index (χ4n) is 2.98. The first-order valence-electron chi connectivity index (χ1n) is 10.3. The fraction of sp³-hybridized carbons (Fsp3) is 0.435. The minimum absolute atomic E-state index is 0. The maximum atomic E-state index is 12.2. The predicted molar refractivity (Wildman–Crippen MR) is 140 cm³/mol. The van der Waals surface area contributed by atoms with E-state index in [0.717, 1.165) is 42.4 Å². The average Bonchev–Trinajstić information content (AvgIpc) is 2.76. The van der Waals surface area contributed by atoms with Crippen molar-refractivity contribution in [2.24, 2.45) is 4.99 Å². The number of aryl methyl sites for hydroxylation is 1. The van der Waals surface area contributed by atoms with Gasteiger partial charge < -0.3 is 20.1 Å². The highest BCUT2D eigenvalue weighted by Crippen LogP contribution is 2.28. The SMILES string of the molecule is CCOc1cc(CCCNC(=NC)NCCS(=O)Cc2ccccc2)ccc1OC.I. The first-order chi connectivity index (χ1) is 14.7. The second-order valence-corrected chi connectivity index (χ2v) is 8.30. The van der Waals surface area contributed by atoms with Crippen molar-refractivity contribution < 1.29 is 13.7 Å². The van der Waals surface area contributed by atoms with Crippen LogP contribution in [0.4, 0.5) is 0 Å². The first kappa shape index (κ1) is 27.2. The van der Waals surface area contributed by atoms with Gasteiger partial charge in [0.25, 0.3) is 0 Å². The zero-order valence-corrected chi connectivity index (χ0v) is 21.7. The van der Waals surface area contributed by atoms with Gasteiger partial charge in [0.1, 0.15) is 0 Å². The highest BCUT2D eigenvalue weighted by Gasteiger charge is 2.06. The van der Waals surface area contributed by atoms with Crippen molar-refractivity contribution in [3.05, 3.63) is 59.7 Å². The quantitative estimate of drug-likeness (QED) is 0.179. The number of rotatable bonds is 12. The average molecular weight is 560 g/mol. The van der Waals surface area contributed by atoms with Gasteiger partial charge in [-0.2, -0.15) is 0 Å². The topological polar surface area (TPSA) is 72.0 Å². The molecule has 2 aromatic rings. The minimum atomic E-state index is -0.896. The molecule has 172 valence electrons. The number of halogens is 1. The molecule has 0 radical (unpaired) electrons. The van der Waals surface area contributed by atoms with Gasteiger partial charge in [-0.05, 0) is 43.0 Å². The molecule has 31 heavy (non-hydrogen) atoms. The molecule has 2 N–H and O–H groups in total. The van der Waals surface area contributed by atoms with Crippen LogP contribution in [0.1, 0.15) is 24.5 Å². The Kier molecular flexibility index (Phi) is 14.0. The zero-order chi connectivity index (χ0) is 21.6. The van der Waals surface area contributed by atoms with Crippen LogP contribution < -0.4 is 20.1 Å². The lowest BCUT2D eigenvalue weighted by molar-refractivity contribution is 0.310. The van der Waals surface area contributed by atoms with Gasteiger partial charge in [-0.15, -0.1) is 24.0 Å². The van der Waals surface area contributed by atoms with Crippen LogP contribution in [0.25, 0.3) is 0 Å². The maximum absolute atomic E-state index is 12.2. The van der Waals surface area contributed by atoms with Crippen molar-refractivity contribution >= 4 is 40.7 Å². The van der Waals surface area contributed by atoms with Crippen LogP contribution in [0.5, 0.6) is 11.5 Å². The number of aliphatic imine (C=N–C) groups is 1. The van der Waals surface area contributed by atoms with Gasteiger partial charge in [0.05, 0.1) is 13.7 Å². The summed E-state index contributed by atoms with van der Waals surface area (Å²) in [4.78, 5) is 4.23. The van der Waals surface area contributed by atoms with E-state index in [1.807, 2.05) is 49.4 Å². The number of methoxy groups -OCH3 is 1. The summed E-state index contributed by atoms with van der Waals surface area (Å²) in [6.45, 7) is 3.99. The van der Waals surface area contributed by atoms with E-state index in [9.17, 15) is 4.21 Å². The first-order valence-corrected chi connectivity index (χ1v) is 11.8. The lowest BCUT2D eigenvalue weighted by Gasteiger charge is -2.13. The molecule has 0 saturated heterocycles. The van der Waals surface area contributed by atoms with Crippen LogP contribution >= 0.6 is 24.0 Å². The number of nitrogens with zero attached hydrogens (tertiary/aromatic N) is 1. The van der Waals surface area contributed by atoms with E-state index in [1.54, 1.807) is 14.2 Å². The highest BCUT2D eigenvalue weighted by molar-refractivity contribution is 14.0. The van der Waals surface area contributed by atoms with Crippen LogP contribution in [-0.4, -0.2) is 49.8 Å². The normalized spacial score (nSPS) is 11.9. The molecule has 1 unspecified atom stereocenters. The van der Waals surface area contributed by atoms with E-state index in [4.69, 9.17) is 9.47 Å². The van der Waals surface area contributed by atoms with Crippen LogP contribution in [0.2, 0.25) is 0 Å². The van der Waals surface area contributed by atoms with Crippen molar-refractivity contribution in [2.75, 3.05) is 39.6 Å². The second kappa shape index (κ2) is 15.9. The maximum Gasteiger partial charge on any atom is 0.191 e. The van der Waals surface area contributed by atoms with Crippen LogP contribution in [-0.2, 0) is 23.0 Å². The molecule has 8 heteroatoms. The van der Waals surface area contributed by atoms with Crippen LogP contribution in [0.15, 0.2) is 53.5 Å². The summed E-state index contributed by atoms with van der Waals surface area (Å²) in [5.41, 5.74) is 2.31. The molecule has 0 spiro atoms. The van der Waals surface area contributed by atoms with E-state index in [-0.39, 0.29) is 24.0 Å². The van der Waals surface area contributed by atoms with Crippen LogP contribution in [0.3, 0.4) is 0 Å². The number of hydrogen-bond acceptors (Lipinski definition) is 4. The molecular weight excluding hydrogens is 525 g/mol. The Hall–Kier alpha value is -1.81. The molecule has 0 heterocycles. The molecule has 6 nitrogen and oxygen atoms in total. The van der Waals surface area contributed by atoms with Crippen LogP contribution in [0, 0.1) is 0 Å². The lowest BCUT2D eigenvalue weighted by atomic mass is 10.1. The molecular formula is C23H34IN3O3S. The summed E-state index contributed by atoms with van der Waals surface area (Å²) in [7, 11) is 2.50. The van der Waals surface area contributed by atoms with Gasteiger partial charge in [-0.3, -0.25) is 9.20 Å². The number of ether oxygens (including phenoxy) is 2. The van der Waals surface area contributed by atoms with Crippen molar-refractivity contribution in [1.82, 2.24) is 10.6 Å². The molecule has 0 aromatic heterocycles. The third-order valence-electron chi connectivity index (χ3n) is 4.48. The Bertz CT molecular complexity index is 819. The zero-order valence-electron chi connectivity index (χ0n) is 18.6. The molecule has 0 amide bonds. The van der Waals surface area contributed by atoms with Crippen molar-refractivity contribution in [1.29, 1.82) is 0 Å².